The maximum absolute atomic E-state index is 14.4. The molecular weight excluding hydrogens is 672 g/mol. The van der Waals surface area contributed by atoms with Crippen LogP contribution in [0.25, 0.3) is 0 Å². The molecule has 43 heavy (non-hydrogen) atoms. The average molecular weight is 706 g/mol. The van der Waals surface area contributed by atoms with Gasteiger partial charge in [0.2, 0.25) is 5.90 Å². The molecule has 0 fully saturated rings. The summed E-state index contributed by atoms with van der Waals surface area (Å²) < 4.78 is 14.2. The summed E-state index contributed by atoms with van der Waals surface area (Å²) in [7, 11) is 0. The number of halogens is 2. The van der Waals surface area contributed by atoms with Crippen molar-refractivity contribution in [2.75, 3.05) is 19.8 Å². The zero-order chi connectivity index (χ0) is 30.1. The van der Waals surface area contributed by atoms with E-state index in [9.17, 15) is 4.79 Å². The molecule has 8 heteroatoms. The van der Waals surface area contributed by atoms with E-state index in [0.29, 0.717) is 37.6 Å². The number of benzene rings is 4. The second-order valence-electron chi connectivity index (χ2n) is 10.5. The van der Waals surface area contributed by atoms with Crippen LogP contribution >= 0.6 is 31.9 Å². The third-order valence-electron chi connectivity index (χ3n) is 7.39. The lowest BCUT2D eigenvalue weighted by Crippen LogP contribution is -2.50. The Balaban J connectivity index is 1.48. The van der Waals surface area contributed by atoms with Crippen molar-refractivity contribution in [2.24, 2.45) is 4.99 Å². The van der Waals surface area contributed by atoms with E-state index in [2.05, 4.69) is 49.3 Å². The molecule has 0 saturated heterocycles. The monoisotopic (exact) mass is 704 g/mol. The summed E-state index contributed by atoms with van der Waals surface area (Å²) >= 11 is 7.22. The molecule has 1 aliphatic rings. The van der Waals surface area contributed by atoms with Crippen LogP contribution in [0, 0.1) is 0 Å². The van der Waals surface area contributed by atoms with Gasteiger partial charge in [-0.2, -0.15) is 0 Å². The molecule has 0 saturated carbocycles. The van der Waals surface area contributed by atoms with Gasteiger partial charge in [-0.3, -0.25) is 4.79 Å². The number of carbonyl (C=O) groups is 1. The highest BCUT2D eigenvalue weighted by Crippen LogP contribution is 2.43. The van der Waals surface area contributed by atoms with Crippen LogP contribution in [0.1, 0.15) is 41.2 Å². The topological polar surface area (TPSA) is 80.2 Å². The van der Waals surface area contributed by atoms with Crippen molar-refractivity contribution in [1.82, 2.24) is 5.32 Å². The van der Waals surface area contributed by atoms with Gasteiger partial charge in [-0.05, 0) is 72.0 Å². The highest BCUT2D eigenvalue weighted by Gasteiger charge is 2.53. The van der Waals surface area contributed by atoms with Gasteiger partial charge in [0, 0.05) is 40.5 Å². The van der Waals surface area contributed by atoms with E-state index >= 15 is 0 Å². The lowest BCUT2D eigenvalue weighted by Gasteiger charge is -2.31. The van der Waals surface area contributed by atoms with Crippen LogP contribution in [-0.4, -0.2) is 42.2 Å². The van der Waals surface area contributed by atoms with Crippen LogP contribution in [0.5, 0.6) is 5.75 Å². The van der Waals surface area contributed by atoms with E-state index in [0.717, 1.165) is 38.5 Å². The van der Waals surface area contributed by atoms with Crippen molar-refractivity contribution >= 4 is 43.7 Å². The molecule has 0 unspecified atom stereocenters. The lowest BCUT2D eigenvalue weighted by atomic mass is 9.82. The van der Waals surface area contributed by atoms with Gasteiger partial charge < -0.3 is 19.9 Å². The van der Waals surface area contributed by atoms with E-state index in [1.54, 1.807) is 0 Å². The molecule has 0 radical (unpaired) electrons. The van der Waals surface area contributed by atoms with Crippen molar-refractivity contribution in [1.29, 1.82) is 0 Å². The fourth-order valence-electron chi connectivity index (χ4n) is 5.14. The van der Waals surface area contributed by atoms with E-state index in [1.807, 2.05) is 91.0 Å². The SMILES string of the molecule is O=C(NCCCc1ccccc1)[C@]1(Cc2ccccc2Br)N=C(c2ccc(OCCCO)cc2)O[C@@H]1c1ccc(Br)cc1. The van der Waals surface area contributed by atoms with Crippen LogP contribution in [-0.2, 0) is 22.4 Å². The van der Waals surface area contributed by atoms with Crippen LogP contribution in [0.4, 0.5) is 0 Å². The van der Waals surface area contributed by atoms with Crippen LogP contribution in [0.15, 0.2) is 117 Å². The number of aliphatic hydroxyl groups is 1. The van der Waals surface area contributed by atoms with Crippen molar-refractivity contribution in [2.45, 2.75) is 37.3 Å². The van der Waals surface area contributed by atoms with E-state index in [-0.39, 0.29) is 12.5 Å². The first-order valence-corrected chi connectivity index (χ1v) is 16.0. The van der Waals surface area contributed by atoms with Gasteiger partial charge in [0.15, 0.2) is 11.6 Å². The second-order valence-corrected chi connectivity index (χ2v) is 12.2. The number of amides is 1. The summed E-state index contributed by atoms with van der Waals surface area (Å²) in [6, 6.07) is 33.5. The largest absolute Gasteiger partial charge is 0.494 e. The van der Waals surface area contributed by atoms with Crippen molar-refractivity contribution in [3.05, 3.63) is 134 Å². The molecule has 1 heterocycles. The van der Waals surface area contributed by atoms with Gasteiger partial charge in [-0.15, -0.1) is 0 Å². The first-order chi connectivity index (χ1) is 21.0. The fraction of sp³-hybridized carbons (Fsp3) is 0.257. The second kappa shape index (κ2) is 14.8. The number of hydrogen-bond donors (Lipinski definition) is 2. The first kappa shape index (κ1) is 31.0. The average Bonchev–Trinajstić information content (AvgIpc) is 3.42. The first-order valence-electron chi connectivity index (χ1n) is 14.4. The molecule has 2 atom stereocenters. The Bertz CT molecular complexity index is 1530. The fourth-order valence-corrected chi connectivity index (χ4v) is 5.83. The van der Waals surface area contributed by atoms with E-state index < -0.39 is 11.6 Å². The standard InChI is InChI=1S/C35H34Br2N2O4/c36-29-17-13-26(14-18-29)32-35(24-28-11-4-5-12-31(28)37,34(41)38-21-6-10-25-8-2-1-3-9-25)39-33(43-32)27-15-19-30(20-16-27)42-23-7-22-40/h1-5,8-9,11-20,32,40H,6-7,10,21-24H2,(H,38,41)/t32-,35-/m1/s1. The highest BCUT2D eigenvalue weighted by molar-refractivity contribution is 9.10. The Morgan fingerprint density at radius 3 is 2.35 bits per heavy atom. The molecule has 2 N–H and O–H groups in total. The molecule has 6 nitrogen and oxygen atoms in total. The van der Waals surface area contributed by atoms with Crippen molar-refractivity contribution < 1.29 is 19.4 Å². The number of aliphatic imine (C=N–C) groups is 1. The third-order valence-corrected chi connectivity index (χ3v) is 8.69. The molecule has 4 aromatic rings. The molecule has 0 aliphatic carbocycles. The minimum absolute atomic E-state index is 0.0775. The quantitative estimate of drug-likeness (QED) is 0.144. The molecule has 0 bridgehead atoms. The number of nitrogens with one attached hydrogen (secondary N) is 1. The Morgan fingerprint density at radius 1 is 0.907 bits per heavy atom. The van der Waals surface area contributed by atoms with Crippen LogP contribution in [0.2, 0.25) is 0 Å². The molecule has 4 aromatic carbocycles. The minimum Gasteiger partial charge on any atom is -0.494 e. The molecule has 1 amide bonds. The molecule has 222 valence electrons. The summed E-state index contributed by atoms with van der Waals surface area (Å²) in [5.41, 5.74) is 2.56. The Hall–Kier alpha value is -3.46. The van der Waals surface area contributed by atoms with Crippen molar-refractivity contribution in [3.8, 4) is 5.75 Å². The van der Waals surface area contributed by atoms with Gasteiger partial charge in [0.25, 0.3) is 5.91 Å². The third kappa shape index (κ3) is 7.74. The predicted molar refractivity (Wildman–Crippen MR) is 176 cm³/mol. The van der Waals surface area contributed by atoms with E-state index in [1.165, 1.54) is 5.56 Å². The van der Waals surface area contributed by atoms with Gasteiger partial charge in [-0.25, -0.2) is 4.99 Å². The summed E-state index contributed by atoms with van der Waals surface area (Å²) in [6.45, 7) is 1.02. The van der Waals surface area contributed by atoms with Gasteiger partial charge in [0.05, 0.1) is 6.61 Å². The number of ether oxygens (including phenoxy) is 2. The summed E-state index contributed by atoms with van der Waals surface area (Å²) in [5.74, 6) is 0.917. The maximum atomic E-state index is 14.4. The summed E-state index contributed by atoms with van der Waals surface area (Å²) in [6.07, 6.45) is 1.92. The summed E-state index contributed by atoms with van der Waals surface area (Å²) in [4.78, 5) is 19.5. The highest BCUT2D eigenvalue weighted by atomic mass is 79.9. The number of nitrogens with zero attached hydrogens (tertiary/aromatic N) is 1. The van der Waals surface area contributed by atoms with Gasteiger partial charge in [-0.1, -0.05) is 92.5 Å². The van der Waals surface area contributed by atoms with Gasteiger partial charge >= 0.3 is 0 Å². The van der Waals surface area contributed by atoms with E-state index in [4.69, 9.17) is 19.6 Å². The zero-order valence-electron chi connectivity index (χ0n) is 23.7. The Kier molecular flexibility index (Phi) is 10.7. The zero-order valence-corrected chi connectivity index (χ0v) is 26.9. The Labute approximate surface area is 269 Å². The lowest BCUT2D eigenvalue weighted by molar-refractivity contribution is -0.128. The predicted octanol–water partition coefficient (Wildman–Crippen LogP) is 7.22. The summed E-state index contributed by atoms with van der Waals surface area (Å²) in [5, 5.41) is 12.3. The maximum Gasteiger partial charge on any atom is 0.252 e. The minimum atomic E-state index is -1.25. The molecule has 0 spiro atoms. The van der Waals surface area contributed by atoms with Crippen LogP contribution < -0.4 is 10.1 Å². The molecule has 0 aromatic heterocycles. The number of rotatable bonds is 13. The molecular formula is C35H34Br2N2O4. The molecule has 5 rings (SSSR count). The number of hydrogen-bond acceptors (Lipinski definition) is 5. The number of aliphatic hydroxyl groups excluding tert-OH is 1. The van der Waals surface area contributed by atoms with Crippen molar-refractivity contribution in [3.63, 3.8) is 0 Å². The normalized spacial score (nSPS) is 17.7. The van der Waals surface area contributed by atoms with Crippen LogP contribution in [0.3, 0.4) is 0 Å². The van der Waals surface area contributed by atoms with Gasteiger partial charge in [0.1, 0.15) is 5.75 Å². The Morgan fingerprint density at radius 2 is 1.63 bits per heavy atom. The number of carbonyl (C=O) groups excluding carboxylic acids is 1. The number of aryl methyl sites for hydroxylation is 1. The smallest absolute Gasteiger partial charge is 0.252 e. The molecule has 1 aliphatic heterocycles.